The fourth-order valence-corrected chi connectivity index (χ4v) is 5.82. The second-order valence-electron chi connectivity index (χ2n) is 7.37. The van der Waals surface area contributed by atoms with Crippen molar-refractivity contribution >= 4 is 55.7 Å². The largest absolute Gasteiger partial charge is 0.277 e. The molecular formula is C22H15Cl2N3O4S. The number of aromatic nitrogens is 2. The standard InChI is InChI=1S/C22H15Cl2N3O4S/c23-15-4-6-19-13(10-15)8-9-26(19)32(30,31)17-3-1-2-14(11-17)22(29)27-20-7-5-16(24)12-18(20)21(28)25-27/h1-7,10-12H,8-9H2,(H,25,28). The van der Waals surface area contributed by atoms with Crippen molar-refractivity contribution in [2.45, 2.75) is 11.3 Å². The van der Waals surface area contributed by atoms with E-state index in [0.29, 0.717) is 27.7 Å². The van der Waals surface area contributed by atoms with Crippen LogP contribution in [-0.2, 0) is 16.4 Å². The molecule has 1 aliphatic heterocycles. The van der Waals surface area contributed by atoms with E-state index in [4.69, 9.17) is 23.2 Å². The average molecular weight is 488 g/mol. The molecule has 10 heteroatoms. The third-order valence-electron chi connectivity index (χ3n) is 5.42. The Bertz CT molecular complexity index is 1570. The summed E-state index contributed by atoms with van der Waals surface area (Å²) in [6, 6.07) is 15.4. The van der Waals surface area contributed by atoms with Gasteiger partial charge in [-0.15, -0.1) is 0 Å². The highest BCUT2D eigenvalue weighted by molar-refractivity contribution is 7.92. The highest BCUT2D eigenvalue weighted by atomic mass is 35.5. The Morgan fingerprint density at radius 3 is 2.53 bits per heavy atom. The Morgan fingerprint density at radius 1 is 0.969 bits per heavy atom. The second kappa shape index (κ2) is 7.51. The van der Waals surface area contributed by atoms with Crippen LogP contribution in [-0.4, -0.2) is 30.7 Å². The van der Waals surface area contributed by atoms with Crippen LogP contribution in [0.25, 0.3) is 10.9 Å². The van der Waals surface area contributed by atoms with Crippen molar-refractivity contribution in [3.8, 4) is 0 Å². The number of H-pyrrole nitrogens is 1. The van der Waals surface area contributed by atoms with Gasteiger partial charge in [-0.2, -0.15) is 0 Å². The van der Waals surface area contributed by atoms with E-state index < -0.39 is 21.5 Å². The Morgan fingerprint density at radius 2 is 1.72 bits per heavy atom. The van der Waals surface area contributed by atoms with Crippen LogP contribution in [0.15, 0.2) is 70.4 Å². The molecule has 162 valence electrons. The Labute approximate surface area is 192 Å². The molecule has 0 atom stereocenters. The van der Waals surface area contributed by atoms with E-state index in [0.717, 1.165) is 10.2 Å². The summed E-state index contributed by atoms with van der Waals surface area (Å²) in [6.07, 6.45) is 0.549. The first-order valence-corrected chi connectivity index (χ1v) is 11.8. The smallest absolute Gasteiger partial charge is 0.267 e. The molecule has 1 aliphatic rings. The first-order valence-electron chi connectivity index (χ1n) is 9.62. The number of aromatic amines is 1. The number of hydrogen-bond acceptors (Lipinski definition) is 4. The van der Waals surface area contributed by atoms with Gasteiger partial charge in [-0.05, 0) is 66.6 Å². The third kappa shape index (κ3) is 3.31. The monoisotopic (exact) mass is 487 g/mol. The fourth-order valence-electron chi connectivity index (χ4n) is 3.90. The lowest BCUT2D eigenvalue weighted by atomic mass is 10.2. The topological polar surface area (TPSA) is 92.2 Å². The molecule has 0 radical (unpaired) electrons. The van der Waals surface area contributed by atoms with Gasteiger partial charge >= 0.3 is 0 Å². The van der Waals surface area contributed by atoms with E-state index in [9.17, 15) is 18.0 Å². The molecule has 0 fully saturated rings. The number of hydrogen-bond donors (Lipinski definition) is 1. The number of fused-ring (bicyclic) bond motifs is 2. The van der Waals surface area contributed by atoms with Crippen LogP contribution in [0.5, 0.6) is 0 Å². The number of anilines is 1. The summed E-state index contributed by atoms with van der Waals surface area (Å²) in [5.74, 6) is -0.565. The molecule has 1 N–H and O–H groups in total. The predicted molar refractivity (Wildman–Crippen MR) is 123 cm³/mol. The molecule has 0 aliphatic carbocycles. The SMILES string of the molecule is O=C(c1cccc(S(=O)(=O)N2CCc3cc(Cl)ccc32)c1)n1[nH]c(=O)c2cc(Cl)ccc21. The predicted octanol–water partition coefficient (Wildman–Crippen LogP) is 4.08. The quantitative estimate of drug-likeness (QED) is 0.471. The van der Waals surface area contributed by atoms with Gasteiger partial charge in [0.15, 0.2) is 0 Å². The van der Waals surface area contributed by atoms with Crippen molar-refractivity contribution in [1.82, 2.24) is 9.78 Å². The minimum Gasteiger partial charge on any atom is -0.267 e. The summed E-state index contributed by atoms with van der Waals surface area (Å²) in [7, 11) is -3.91. The molecule has 7 nitrogen and oxygen atoms in total. The van der Waals surface area contributed by atoms with E-state index in [1.807, 2.05) is 0 Å². The third-order valence-corrected chi connectivity index (χ3v) is 7.70. The number of rotatable bonds is 3. The van der Waals surface area contributed by atoms with Gasteiger partial charge in [0.25, 0.3) is 21.5 Å². The van der Waals surface area contributed by atoms with Crippen LogP contribution in [0.1, 0.15) is 15.9 Å². The van der Waals surface area contributed by atoms with Crippen LogP contribution in [0.3, 0.4) is 0 Å². The summed E-state index contributed by atoms with van der Waals surface area (Å²) >= 11 is 12.0. The lowest BCUT2D eigenvalue weighted by Crippen LogP contribution is -2.29. The lowest BCUT2D eigenvalue weighted by Gasteiger charge is -2.20. The highest BCUT2D eigenvalue weighted by Crippen LogP contribution is 2.34. The molecule has 2 heterocycles. The first kappa shape index (κ1) is 20.8. The van der Waals surface area contributed by atoms with E-state index >= 15 is 0 Å². The summed E-state index contributed by atoms with van der Waals surface area (Å²) in [5, 5.41) is 3.67. The minimum absolute atomic E-state index is 0.0204. The van der Waals surface area contributed by atoms with Gasteiger partial charge in [0.05, 0.1) is 21.5 Å². The number of halogens is 2. The van der Waals surface area contributed by atoms with E-state index in [1.165, 1.54) is 34.6 Å². The Hall–Kier alpha value is -3.07. The van der Waals surface area contributed by atoms with E-state index in [1.54, 1.807) is 30.3 Å². The van der Waals surface area contributed by atoms with Gasteiger partial charge < -0.3 is 0 Å². The van der Waals surface area contributed by atoms with Crippen LogP contribution < -0.4 is 9.86 Å². The Balaban J connectivity index is 1.55. The zero-order chi connectivity index (χ0) is 22.6. The van der Waals surface area contributed by atoms with Crippen LogP contribution in [0.4, 0.5) is 5.69 Å². The number of benzene rings is 3. The molecule has 32 heavy (non-hydrogen) atoms. The van der Waals surface area contributed by atoms with Crippen LogP contribution >= 0.6 is 23.2 Å². The molecule has 0 saturated carbocycles. The summed E-state index contributed by atoms with van der Waals surface area (Å²) in [4.78, 5) is 25.3. The molecule has 0 spiro atoms. The van der Waals surface area contributed by atoms with Crippen molar-refractivity contribution in [3.63, 3.8) is 0 Å². The van der Waals surface area contributed by atoms with Gasteiger partial charge in [0, 0.05) is 22.2 Å². The molecule has 0 unspecified atom stereocenters. The molecule has 0 amide bonds. The molecule has 0 bridgehead atoms. The van der Waals surface area contributed by atoms with Crippen LogP contribution in [0.2, 0.25) is 10.0 Å². The number of nitrogens with one attached hydrogen (secondary N) is 1. The van der Waals surface area contributed by atoms with E-state index in [2.05, 4.69) is 5.10 Å². The maximum atomic E-state index is 13.3. The zero-order valence-corrected chi connectivity index (χ0v) is 18.7. The number of sulfonamides is 1. The minimum atomic E-state index is -3.91. The van der Waals surface area contributed by atoms with Gasteiger partial charge in [0.2, 0.25) is 0 Å². The molecule has 3 aromatic carbocycles. The van der Waals surface area contributed by atoms with Crippen molar-refractivity contribution in [1.29, 1.82) is 0 Å². The van der Waals surface area contributed by atoms with E-state index in [-0.39, 0.29) is 22.4 Å². The summed E-state index contributed by atoms with van der Waals surface area (Å²) in [6.45, 7) is 0.284. The van der Waals surface area contributed by atoms with Gasteiger partial charge in [-0.25, -0.2) is 13.1 Å². The second-order valence-corrected chi connectivity index (χ2v) is 10.1. The fraction of sp³-hybridized carbons (Fsp3) is 0.0909. The van der Waals surface area contributed by atoms with Crippen molar-refractivity contribution in [3.05, 3.63) is 92.2 Å². The first-order chi connectivity index (χ1) is 15.3. The van der Waals surface area contributed by atoms with Crippen molar-refractivity contribution in [2.75, 3.05) is 10.8 Å². The number of carbonyl (C=O) groups is 1. The van der Waals surface area contributed by atoms with Gasteiger partial charge in [-0.1, -0.05) is 29.3 Å². The van der Waals surface area contributed by atoms with Crippen LogP contribution in [0, 0.1) is 0 Å². The van der Waals surface area contributed by atoms with Crippen molar-refractivity contribution < 1.29 is 13.2 Å². The molecular weight excluding hydrogens is 473 g/mol. The molecule has 1 aromatic heterocycles. The highest BCUT2D eigenvalue weighted by Gasteiger charge is 2.31. The normalized spacial score (nSPS) is 13.5. The number of nitrogens with zero attached hydrogens (tertiary/aromatic N) is 2. The average Bonchev–Trinajstić information content (AvgIpc) is 3.34. The summed E-state index contributed by atoms with van der Waals surface area (Å²) in [5.41, 5.74) is 1.42. The molecule has 5 rings (SSSR count). The Kier molecular flexibility index (Phi) is 4.88. The maximum absolute atomic E-state index is 13.3. The summed E-state index contributed by atoms with van der Waals surface area (Å²) < 4.78 is 29.1. The molecule has 0 saturated heterocycles. The molecule has 4 aromatic rings. The maximum Gasteiger partial charge on any atom is 0.277 e. The van der Waals surface area contributed by atoms with Gasteiger partial charge in [-0.3, -0.25) is 19.0 Å². The number of carbonyl (C=O) groups excluding carboxylic acids is 1. The van der Waals surface area contributed by atoms with Crippen molar-refractivity contribution in [2.24, 2.45) is 0 Å². The lowest BCUT2D eigenvalue weighted by molar-refractivity contribution is 0.0949. The van der Waals surface area contributed by atoms with Gasteiger partial charge in [0.1, 0.15) is 0 Å². The zero-order valence-electron chi connectivity index (χ0n) is 16.4.